The topological polar surface area (TPSA) is 6.48 Å². The SMILES string of the molecule is CN1CCC(N(C)Cc2ccc(Cl)cc2)CC1. The van der Waals surface area contributed by atoms with E-state index in [-0.39, 0.29) is 0 Å². The number of benzene rings is 1. The summed E-state index contributed by atoms with van der Waals surface area (Å²) in [5, 5.41) is 0.815. The Labute approximate surface area is 109 Å². The lowest BCUT2D eigenvalue weighted by Crippen LogP contribution is -2.41. The molecule has 0 N–H and O–H groups in total. The molecule has 3 heteroatoms. The first-order valence-electron chi connectivity index (χ1n) is 6.28. The molecule has 2 rings (SSSR count). The van der Waals surface area contributed by atoms with Crippen molar-refractivity contribution in [1.82, 2.24) is 9.80 Å². The van der Waals surface area contributed by atoms with Gasteiger partial charge in [-0.25, -0.2) is 0 Å². The van der Waals surface area contributed by atoms with Crippen LogP contribution in [0, 0.1) is 0 Å². The summed E-state index contributed by atoms with van der Waals surface area (Å²) in [6, 6.07) is 8.90. The number of rotatable bonds is 3. The zero-order valence-corrected chi connectivity index (χ0v) is 11.5. The van der Waals surface area contributed by atoms with Gasteiger partial charge in [-0.1, -0.05) is 23.7 Å². The molecule has 2 nitrogen and oxygen atoms in total. The molecule has 1 aliphatic rings. The van der Waals surface area contributed by atoms with Gasteiger partial charge in [0.2, 0.25) is 0 Å². The lowest BCUT2D eigenvalue weighted by atomic mass is 10.0. The number of hydrogen-bond acceptors (Lipinski definition) is 2. The Bertz CT molecular complexity index is 342. The second-order valence-corrected chi connectivity index (χ2v) is 5.51. The van der Waals surface area contributed by atoms with Crippen molar-refractivity contribution in [1.29, 1.82) is 0 Å². The number of halogens is 1. The Kier molecular flexibility index (Phi) is 4.43. The fourth-order valence-electron chi connectivity index (χ4n) is 2.44. The Morgan fingerprint density at radius 1 is 1.24 bits per heavy atom. The Morgan fingerprint density at radius 2 is 1.82 bits per heavy atom. The van der Waals surface area contributed by atoms with Gasteiger partial charge >= 0.3 is 0 Å². The zero-order valence-electron chi connectivity index (χ0n) is 10.7. The van der Waals surface area contributed by atoms with Gasteiger partial charge in [0, 0.05) is 17.6 Å². The molecule has 1 heterocycles. The molecule has 0 amide bonds. The van der Waals surface area contributed by atoms with Crippen LogP contribution in [0.4, 0.5) is 0 Å². The van der Waals surface area contributed by atoms with Gasteiger partial charge < -0.3 is 4.90 Å². The third-order valence-electron chi connectivity index (χ3n) is 3.66. The zero-order chi connectivity index (χ0) is 12.3. The van der Waals surface area contributed by atoms with E-state index in [4.69, 9.17) is 11.6 Å². The van der Waals surface area contributed by atoms with Crippen molar-refractivity contribution in [2.24, 2.45) is 0 Å². The highest BCUT2D eigenvalue weighted by Gasteiger charge is 2.20. The van der Waals surface area contributed by atoms with Crippen LogP contribution in [0.3, 0.4) is 0 Å². The van der Waals surface area contributed by atoms with Crippen LogP contribution in [-0.4, -0.2) is 43.0 Å². The molecule has 94 valence electrons. The molecular formula is C14H21ClN2. The summed E-state index contributed by atoms with van der Waals surface area (Å²) in [5.74, 6) is 0. The molecule has 0 aromatic heterocycles. The van der Waals surface area contributed by atoms with Gasteiger partial charge in [0.15, 0.2) is 0 Å². The second-order valence-electron chi connectivity index (χ2n) is 5.08. The third-order valence-corrected chi connectivity index (χ3v) is 3.91. The summed E-state index contributed by atoms with van der Waals surface area (Å²) in [5.41, 5.74) is 1.34. The molecule has 1 aromatic carbocycles. The molecule has 0 atom stereocenters. The molecule has 0 unspecified atom stereocenters. The van der Waals surface area contributed by atoms with E-state index in [2.05, 4.69) is 36.0 Å². The van der Waals surface area contributed by atoms with E-state index in [1.807, 2.05) is 12.1 Å². The predicted octanol–water partition coefficient (Wildman–Crippen LogP) is 2.87. The van der Waals surface area contributed by atoms with Crippen LogP contribution in [0.5, 0.6) is 0 Å². The molecule has 0 bridgehead atoms. The smallest absolute Gasteiger partial charge is 0.0406 e. The van der Waals surface area contributed by atoms with Gasteiger partial charge in [-0.3, -0.25) is 4.90 Å². The quantitative estimate of drug-likeness (QED) is 0.816. The van der Waals surface area contributed by atoms with Crippen molar-refractivity contribution in [2.75, 3.05) is 27.2 Å². The summed E-state index contributed by atoms with van der Waals surface area (Å²) in [6.45, 7) is 3.46. The van der Waals surface area contributed by atoms with Crippen molar-refractivity contribution < 1.29 is 0 Å². The maximum atomic E-state index is 5.89. The minimum absolute atomic E-state index is 0.724. The van der Waals surface area contributed by atoms with Crippen LogP contribution in [0.15, 0.2) is 24.3 Å². The summed E-state index contributed by atoms with van der Waals surface area (Å²) < 4.78 is 0. The maximum absolute atomic E-state index is 5.89. The first-order chi connectivity index (χ1) is 8.15. The van der Waals surface area contributed by atoms with E-state index >= 15 is 0 Å². The number of nitrogens with zero attached hydrogens (tertiary/aromatic N) is 2. The number of likely N-dealkylation sites (tertiary alicyclic amines) is 1. The lowest BCUT2D eigenvalue weighted by Gasteiger charge is -2.35. The molecule has 0 radical (unpaired) electrons. The van der Waals surface area contributed by atoms with Crippen LogP contribution in [0.2, 0.25) is 5.02 Å². The third kappa shape index (κ3) is 3.70. The van der Waals surface area contributed by atoms with Crippen LogP contribution < -0.4 is 0 Å². The molecule has 1 fully saturated rings. The molecule has 0 aliphatic carbocycles. The lowest BCUT2D eigenvalue weighted by molar-refractivity contribution is 0.139. The minimum atomic E-state index is 0.724. The minimum Gasteiger partial charge on any atom is -0.306 e. The highest BCUT2D eigenvalue weighted by atomic mass is 35.5. The van der Waals surface area contributed by atoms with Crippen molar-refractivity contribution in [3.8, 4) is 0 Å². The van der Waals surface area contributed by atoms with E-state index in [0.29, 0.717) is 0 Å². The molecular weight excluding hydrogens is 232 g/mol. The van der Waals surface area contributed by atoms with Gasteiger partial charge in [-0.2, -0.15) is 0 Å². The summed E-state index contributed by atoms with van der Waals surface area (Å²) in [6.07, 6.45) is 2.56. The monoisotopic (exact) mass is 252 g/mol. The highest BCUT2D eigenvalue weighted by molar-refractivity contribution is 6.30. The van der Waals surface area contributed by atoms with Crippen LogP contribution >= 0.6 is 11.6 Å². The van der Waals surface area contributed by atoms with Gasteiger partial charge in [0.25, 0.3) is 0 Å². The van der Waals surface area contributed by atoms with E-state index in [9.17, 15) is 0 Å². The van der Waals surface area contributed by atoms with E-state index < -0.39 is 0 Å². The van der Waals surface area contributed by atoms with Crippen LogP contribution in [0.1, 0.15) is 18.4 Å². The number of piperidine rings is 1. The Balaban J connectivity index is 1.88. The van der Waals surface area contributed by atoms with Crippen molar-refractivity contribution >= 4 is 11.6 Å². The molecule has 0 spiro atoms. The molecule has 1 aromatic rings. The first kappa shape index (κ1) is 12.9. The fraction of sp³-hybridized carbons (Fsp3) is 0.571. The summed E-state index contributed by atoms with van der Waals surface area (Å²) in [4.78, 5) is 4.88. The van der Waals surface area contributed by atoms with Crippen LogP contribution in [0.25, 0.3) is 0 Å². The second kappa shape index (κ2) is 5.85. The average Bonchev–Trinajstić information content (AvgIpc) is 2.33. The van der Waals surface area contributed by atoms with Crippen LogP contribution in [-0.2, 0) is 6.54 Å². The molecule has 0 saturated carbocycles. The van der Waals surface area contributed by atoms with Crippen molar-refractivity contribution in [3.63, 3.8) is 0 Å². The maximum Gasteiger partial charge on any atom is 0.0406 e. The van der Waals surface area contributed by atoms with E-state index in [0.717, 1.165) is 17.6 Å². The Hall–Kier alpha value is -0.570. The first-order valence-corrected chi connectivity index (χ1v) is 6.66. The summed E-state index contributed by atoms with van der Waals surface area (Å²) >= 11 is 5.89. The van der Waals surface area contributed by atoms with E-state index in [1.54, 1.807) is 0 Å². The normalized spacial score (nSPS) is 18.8. The number of hydrogen-bond donors (Lipinski definition) is 0. The Morgan fingerprint density at radius 3 is 2.41 bits per heavy atom. The van der Waals surface area contributed by atoms with Gasteiger partial charge in [-0.05, 0) is 57.7 Å². The van der Waals surface area contributed by atoms with Crippen molar-refractivity contribution in [3.05, 3.63) is 34.9 Å². The average molecular weight is 253 g/mol. The van der Waals surface area contributed by atoms with E-state index in [1.165, 1.54) is 31.5 Å². The largest absolute Gasteiger partial charge is 0.306 e. The molecule has 1 saturated heterocycles. The fourth-order valence-corrected chi connectivity index (χ4v) is 2.57. The summed E-state index contributed by atoms with van der Waals surface area (Å²) in [7, 11) is 4.43. The van der Waals surface area contributed by atoms with Gasteiger partial charge in [-0.15, -0.1) is 0 Å². The van der Waals surface area contributed by atoms with Gasteiger partial charge in [0.05, 0.1) is 0 Å². The van der Waals surface area contributed by atoms with Crippen molar-refractivity contribution in [2.45, 2.75) is 25.4 Å². The highest BCUT2D eigenvalue weighted by Crippen LogP contribution is 2.17. The standard InChI is InChI=1S/C14H21ClN2/c1-16-9-7-14(8-10-16)17(2)11-12-3-5-13(15)6-4-12/h3-6,14H,7-11H2,1-2H3. The molecule has 17 heavy (non-hydrogen) atoms. The van der Waals surface area contributed by atoms with Gasteiger partial charge in [0.1, 0.15) is 0 Å². The predicted molar refractivity (Wildman–Crippen MR) is 73.4 cm³/mol. The molecule has 1 aliphatic heterocycles.